The highest BCUT2D eigenvalue weighted by Crippen LogP contribution is 2.41. The molecule has 1 aliphatic rings. The van der Waals surface area contributed by atoms with Gasteiger partial charge in [0.1, 0.15) is 0 Å². The van der Waals surface area contributed by atoms with Gasteiger partial charge < -0.3 is 0 Å². The van der Waals surface area contributed by atoms with Gasteiger partial charge in [-0.25, -0.2) is 0 Å². The molecule has 96 valence electrons. The van der Waals surface area contributed by atoms with Crippen molar-refractivity contribution in [1.29, 1.82) is 0 Å². The average Bonchev–Trinajstić information content (AvgIpc) is 2.04. The minimum atomic E-state index is 0.316. The zero-order chi connectivity index (χ0) is 12.7. The first-order valence-electron chi connectivity index (χ1n) is 6.80. The monoisotopic (exact) mass is 225 g/mol. The molecule has 3 atom stereocenters. The largest absolute Gasteiger partial charge is 0.296 e. The second-order valence-corrected chi connectivity index (χ2v) is 7.86. The average molecular weight is 225 g/mol. The Labute approximate surface area is 103 Å². The van der Waals surface area contributed by atoms with E-state index in [1.165, 1.54) is 13.0 Å². The minimum Gasteiger partial charge on any atom is -0.296 e. The summed E-state index contributed by atoms with van der Waals surface area (Å²) in [4.78, 5) is 2.68. The fourth-order valence-electron chi connectivity index (χ4n) is 3.49. The van der Waals surface area contributed by atoms with Gasteiger partial charge in [-0.3, -0.25) is 4.90 Å². The molecule has 0 spiro atoms. The van der Waals surface area contributed by atoms with Gasteiger partial charge in [-0.1, -0.05) is 27.7 Å². The SMILES string of the molecule is C[C@H]1CN(C(C)(C)C)[C@@H](C)CC1C(C)(C)C. The summed E-state index contributed by atoms with van der Waals surface area (Å²) in [6.45, 7) is 20.3. The molecule has 1 aliphatic heterocycles. The van der Waals surface area contributed by atoms with E-state index in [2.05, 4.69) is 60.3 Å². The Kier molecular flexibility index (Phi) is 3.79. The van der Waals surface area contributed by atoms with Crippen molar-refractivity contribution >= 4 is 0 Å². The summed E-state index contributed by atoms with van der Waals surface area (Å²) in [5.41, 5.74) is 0.772. The van der Waals surface area contributed by atoms with E-state index in [1.807, 2.05) is 0 Å². The quantitative estimate of drug-likeness (QED) is 0.598. The molecular formula is C15H31N. The molecular weight excluding hydrogens is 194 g/mol. The van der Waals surface area contributed by atoms with Gasteiger partial charge in [-0.2, -0.15) is 0 Å². The number of hydrogen-bond donors (Lipinski definition) is 0. The van der Waals surface area contributed by atoms with Crippen molar-refractivity contribution in [3.05, 3.63) is 0 Å². The molecule has 0 aromatic carbocycles. The maximum Gasteiger partial charge on any atom is 0.0127 e. The topological polar surface area (TPSA) is 3.24 Å². The summed E-state index contributed by atoms with van der Waals surface area (Å²) in [5, 5.41) is 0. The predicted molar refractivity (Wildman–Crippen MR) is 72.6 cm³/mol. The van der Waals surface area contributed by atoms with Crippen LogP contribution in [0.3, 0.4) is 0 Å². The molecule has 0 aliphatic carbocycles. The molecule has 0 amide bonds. The van der Waals surface area contributed by atoms with Crippen molar-refractivity contribution in [2.24, 2.45) is 17.3 Å². The van der Waals surface area contributed by atoms with Gasteiger partial charge in [0.05, 0.1) is 0 Å². The molecule has 1 rings (SSSR count). The highest BCUT2D eigenvalue weighted by atomic mass is 15.2. The summed E-state index contributed by atoms with van der Waals surface area (Å²) in [6, 6.07) is 0.723. The maximum absolute atomic E-state index is 2.68. The van der Waals surface area contributed by atoms with Crippen molar-refractivity contribution in [2.75, 3.05) is 6.54 Å². The van der Waals surface area contributed by atoms with Crippen LogP contribution in [0.4, 0.5) is 0 Å². The zero-order valence-corrected chi connectivity index (χ0v) is 12.6. The lowest BCUT2D eigenvalue weighted by atomic mass is 9.68. The van der Waals surface area contributed by atoms with Crippen LogP contribution < -0.4 is 0 Å². The fraction of sp³-hybridized carbons (Fsp3) is 1.00. The summed E-state index contributed by atoms with van der Waals surface area (Å²) < 4.78 is 0. The number of likely N-dealkylation sites (tertiary alicyclic amines) is 1. The van der Waals surface area contributed by atoms with E-state index in [9.17, 15) is 0 Å². The lowest BCUT2D eigenvalue weighted by molar-refractivity contribution is -0.0231. The van der Waals surface area contributed by atoms with Crippen LogP contribution in [-0.2, 0) is 0 Å². The third kappa shape index (κ3) is 3.00. The molecule has 16 heavy (non-hydrogen) atoms. The number of piperidine rings is 1. The summed E-state index contributed by atoms with van der Waals surface area (Å²) >= 11 is 0. The molecule has 1 unspecified atom stereocenters. The molecule has 1 heteroatoms. The highest BCUT2D eigenvalue weighted by molar-refractivity contribution is 4.93. The van der Waals surface area contributed by atoms with Gasteiger partial charge in [-0.15, -0.1) is 0 Å². The molecule has 0 bridgehead atoms. The molecule has 1 saturated heterocycles. The Balaban J connectivity index is 2.79. The number of rotatable bonds is 0. The first-order chi connectivity index (χ1) is 7.03. The lowest BCUT2D eigenvalue weighted by Crippen LogP contribution is -2.55. The molecule has 1 fully saturated rings. The van der Waals surface area contributed by atoms with Crippen LogP contribution in [0.2, 0.25) is 0 Å². The summed E-state index contributed by atoms with van der Waals surface area (Å²) in [6.07, 6.45) is 1.35. The van der Waals surface area contributed by atoms with E-state index in [1.54, 1.807) is 0 Å². The smallest absolute Gasteiger partial charge is 0.0127 e. The Hall–Kier alpha value is -0.0400. The van der Waals surface area contributed by atoms with Crippen LogP contribution in [0.5, 0.6) is 0 Å². The third-order valence-electron chi connectivity index (χ3n) is 4.27. The van der Waals surface area contributed by atoms with Crippen LogP contribution in [0, 0.1) is 17.3 Å². The van der Waals surface area contributed by atoms with E-state index in [-0.39, 0.29) is 0 Å². The molecule has 0 N–H and O–H groups in total. The van der Waals surface area contributed by atoms with Crippen LogP contribution in [0.15, 0.2) is 0 Å². The summed E-state index contributed by atoms with van der Waals surface area (Å²) in [7, 11) is 0. The highest BCUT2D eigenvalue weighted by Gasteiger charge is 2.40. The number of hydrogen-bond acceptors (Lipinski definition) is 1. The molecule has 1 nitrogen and oxygen atoms in total. The fourth-order valence-corrected chi connectivity index (χ4v) is 3.49. The van der Waals surface area contributed by atoms with E-state index in [0.717, 1.165) is 17.9 Å². The minimum absolute atomic E-state index is 0.316. The summed E-state index contributed by atoms with van der Waals surface area (Å²) in [5.74, 6) is 1.68. The van der Waals surface area contributed by atoms with Crippen LogP contribution in [0.25, 0.3) is 0 Å². The Bertz CT molecular complexity index is 205. The van der Waals surface area contributed by atoms with Crippen LogP contribution in [-0.4, -0.2) is 23.0 Å². The van der Waals surface area contributed by atoms with Crippen molar-refractivity contribution in [2.45, 2.75) is 73.4 Å². The van der Waals surface area contributed by atoms with Gasteiger partial charge in [-0.05, 0) is 51.4 Å². The van der Waals surface area contributed by atoms with Crippen LogP contribution in [0.1, 0.15) is 61.8 Å². The normalized spacial score (nSPS) is 34.1. The molecule has 0 aromatic rings. The van der Waals surface area contributed by atoms with Crippen molar-refractivity contribution in [3.8, 4) is 0 Å². The van der Waals surface area contributed by atoms with Gasteiger partial charge in [0.15, 0.2) is 0 Å². The van der Waals surface area contributed by atoms with Crippen molar-refractivity contribution in [1.82, 2.24) is 4.90 Å². The second kappa shape index (κ2) is 4.33. The van der Waals surface area contributed by atoms with E-state index >= 15 is 0 Å². The first-order valence-corrected chi connectivity index (χ1v) is 6.80. The third-order valence-corrected chi connectivity index (χ3v) is 4.27. The second-order valence-electron chi connectivity index (χ2n) is 7.86. The van der Waals surface area contributed by atoms with Gasteiger partial charge in [0, 0.05) is 18.1 Å². The van der Waals surface area contributed by atoms with Crippen molar-refractivity contribution < 1.29 is 0 Å². The Morgan fingerprint density at radius 3 is 1.81 bits per heavy atom. The van der Waals surface area contributed by atoms with E-state index in [4.69, 9.17) is 0 Å². The van der Waals surface area contributed by atoms with Gasteiger partial charge in [0.25, 0.3) is 0 Å². The Morgan fingerprint density at radius 2 is 1.44 bits per heavy atom. The molecule has 1 heterocycles. The van der Waals surface area contributed by atoms with Gasteiger partial charge >= 0.3 is 0 Å². The zero-order valence-electron chi connectivity index (χ0n) is 12.6. The first kappa shape index (κ1) is 14.0. The van der Waals surface area contributed by atoms with Crippen molar-refractivity contribution in [3.63, 3.8) is 0 Å². The Morgan fingerprint density at radius 1 is 0.938 bits per heavy atom. The molecule has 0 aromatic heterocycles. The maximum atomic E-state index is 2.68. The standard InChI is InChI=1S/C15H31N/c1-11-10-16(15(6,7)8)12(2)9-13(11)14(3,4)5/h11-13H,9-10H2,1-8H3/t11-,12-,13?/m0/s1. The van der Waals surface area contributed by atoms with E-state index < -0.39 is 0 Å². The lowest BCUT2D eigenvalue weighted by Gasteiger charge is -2.51. The molecule has 0 radical (unpaired) electrons. The van der Waals surface area contributed by atoms with Gasteiger partial charge in [0.2, 0.25) is 0 Å². The molecule has 0 saturated carbocycles. The predicted octanol–water partition coefficient (Wildman–Crippen LogP) is 4.18. The number of nitrogens with zero attached hydrogens (tertiary/aromatic N) is 1. The van der Waals surface area contributed by atoms with Crippen LogP contribution >= 0.6 is 0 Å². The van der Waals surface area contributed by atoms with E-state index in [0.29, 0.717) is 11.0 Å².